The number of rotatable bonds is 9. The minimum Gasteiger partial charge on any atom is -0.356 e. The van der Waals surface area contributed by atoms with Crippen LogP contribution in [0.15, 0.2) is 12.3 Å². The van der Waals surface area contributed by atoms with Gasteiger partial charge in [-0.15, -0.1) is 0 Å². The standard InChI is InChI=1S/C25H44N6/c26-16-8-4-7-13-23-22(15-20-31(23)21-11-5-3-6-12-21)28-25-27-17-14-24(29-25)30-18-9-1-2-10-19-30/h14,17,21-23H,1-13,15-16,18-20,26H2,(H,27,28,29). The molecule has 3 aliphatic rings. The third-order valence-electron chi connectivity index (χ3n) is 7.72. The molecule has 2 aliphatic heterocycles. The van der Waals surface area contributed by atoms with Crippen LogP contribution in [0.3, 0.4) is 0 Å². The van der Waals surface area contributed by atoms with E-state index in [0.717, 1.165) is 43.9 Å². The van der Waals surface area contributed by atoms with Gasteiger partial charge in [0.25, 0.3) is 0 Å². The number of unbranched alkanes of at least 4 members (excludes halogenated alkanes) is 2. The van der Waals surface area contributed by atoms with Crippen molar-refractivity contribution in [2.45, 2.75) is 108 Å². The van der Waals surface area contributed by atoms with Gasteiger partial charge < -0.3 is 16.0 Å². The average Bonchev–Trinajstić information content (AvgIpc) is 3.01. The lowest BCUT2D eigenvalue weighted by Gasteiger charge is -2.37. The van der Waals surface area contributed by atoms with Crippen LogP contribution in [0.2, 0.25) is 0 Å². The lowest BCUT2D eigenvalue weighted by atomic mass is 9.92. The average molecular weight is 429 g/mol. The molecule has 6 nitrogen and oxygen atoms in total. The summed E-state index contributed by atoms with van der Waals surface area (Å²) in [5, 5.41) is 3.78. The highest BCUT2D eigenvalue weighted by atomic mass is 15.3. The van der Waals surface area contributed by atoms with Crippen LogP contribution in [0.5, 0.6) is 0 Å². The summed E-state index contributed by atoms with van der Waals surface area (Å²) in [4.78, 5) is 14.9. The lowest BCUT2D eigenvalue weighted by molar-refractivity contribution is 0.132. The SMILES string of the molecule is NCCCCCC1C(Nc2nccc(N3CCCCCC3)n2)CCN1C1CCCCC1. The monoisotopic (exact) mass is 428 g/mol. The normalized spacial score (nSPS) is 26.2. The van der Waals surface area contributed by atoms with Gasteiger partial charge in [-0.2, -0.15) is 4.98 Å². The van der Waals surface area contributed by atoms with Crippen LogP contribution in [-0.2, 0) is 0 Å². The van der Waals surface area contributed by atoms with Crippen LogP contribution < -0.4 is 16.0 Å². The second-order valence-electron chi connectivity index (χ2n) is 9.91. The molecule has 2 atom stereocenters. The van der Waals surface area contributed by atoms with Gasteiger partial charge in [0.05, 0.1) is 0 Å². The number of nitrogens with two attached hydrogens (primary N) is 1. The second-order valence-corrected chi connectivity index (χ2v) is 9.91. The van der Waals surface area contributed by atoms with Gasteiger partial charge in [0.2, 0.25) is 5.95 Å². The Morgan fingerprint density at radius 2 is 1.68 bits per heavy atom. The summed E-state index contributed by atoms with van der Waals surface area (Å²) in [7, 11) is 0. The third-order valence-corrected chi connectivity index (χ3v) is 7.72. The van der Waals surface area contributed by atoms with E-state index in [2.05, 4.69) is 26.2 Å². The third kappa shape index (κ3) is 6.32. The van der Waals surface area contributed by atoms with Crippen molar-refractivity contribution >= 4 is 11.8 Å². The van der Waals surface area contributed by atoms with Crippen molar-refractivity contribution in [1.29, 1.82) is 0 Å². The first-order chi connectivity index (χ1) is 15.3. The molecule has 1 aromatic heterocycles. The summed E-state index contributed by atoms with van der Waals surface area (Å²) in [6, 6.07) is 3.93. The molecule has 2 unspecified atom stereocenters. The molecule has 0 amide bonds. The Labute approximate surface area is 189 Å². The quantitative estimate of drug-likeness (QED) is 0.562. The van der Waals surface area contributed by atoms with E-state index in [-0.39, 0.29) is 0 Å². The number of anilines is 2. The van der Waals surface area contributed by atoms with E-state index in [1.54, 1.807) is 0 Å². The van der Waals surface area contributed by atoms with E-state index in [9.17, 15) is 0 Å². The number of nitrogens with one attached hydrogen (secondary N) is 1. The molecule has 1 aromatic rings. The zero-order valence-electron chi connectivity index (χ0n) is 19.5. The molecule has 0 spiro atoms. The van der Waals surface area contributed by atoms with E-state index >= 15 is 0 Å². The highest BCUT2D eigenvalue weighted by Crippen LogP contribution is 2.33. The van der Waals surface area contributed by atoms with Crippen molar-refractivity contribution in [3.8, 4) is 0 Å². The predicted molar refractivity (Wildman–Crippen MR) is 130 cm³/mol. The zero-order valence-corrected chi connectivity index (χ0v) is 19.5. The molecule has 1 aliphatic carbocycles. The number of likely N-dealkylation sites (tertiary alicyclic amines) is 1. The van der Waals surface area contributed by atoms with Gasteiger partial charge in [-0.1, -0.05) is 44.9 Å². The van der Waals surface area contributed by atoms with Gasteiger partial charge in [-0.25, -0.2) is 4.98 Å². The van der Waals surface area contributed by atoms with Gasteiger partial charge >= 0.3 is 0 Å². The van der Waals surface area contributed by atoms with Gasteiger partial charge in [0.15, 0.2) is 0 Å². The number of hydrogen-bond donors (Lipinski definition) is 2. The molecule has 3 heterocycles. The fraction of sp³-hybridized carbons (Fsp3) is 0.840. The Kier molecular flexibility index (Phi) is 8.82. The topological polar surface area (TPSA) is 70.3 Å². The fourth-order valence-corrected chi connectivity index (χ4v) is 6.01. The molecule has 1 saturated carbocycles. The lowest BCUT2D eigenvalue weighted by Crippen LogP contribution is -2.45. The molecule has 2 saturated heterocycles. The molecule has 4 rings (SSSR count). The summed E-state index contributed by atoms with van der Waals surface area (Å²) < 4.78 is 0. The molecular formula is C25H44N6. The van der Waals surface area contributed by atoms with Crippen molar-refractivity contribution in [3.05, 3.63) is 12.3 Å². The van der Waals surface area contributed by atoms with Gasteiger partial charge in [0.1, 0.15) is 5.82 Å². The van der Waals surface area contributed by atoms with Gasteiger partial charge in [-0.3, -0.25) is 4.90 Å². The molecule has 0 aromatic carbocycles. The highest BCUT2D eigenvalue weighted by molar-refractivity contribution is 5.43. The van der Waals surface area contributed by atoms with E-state index in [0.29, 0.717) is 12.1 Å². The molecule has 174 valence electrons. The summed E-state index contributed by atoms with van der Waals surface area (Å²) in [6.45, 7) is 4.28. The highest BCUT2D eigenvalue weighted by Gasteiger charge is 2.38. The van der Waals surface area contributed by atoms with Crippen molar-refractivity contribution in [2.24, 2.45) is 5.73 Å². The molecule has 3 N–H and O–H groups in total. The van der Waals surface area contributed by atoms with E-state index in [1.807, 2.05) is 6.20 Å². The Morgan fingerprint density at radius 3 is 2.45 bits per heavy atom. The maximum atomic E-state index is 5.74. The van der Waals surface area contributed by atoms with Crippen LogP contribution in [0.4, 0.5) is 11.8 Å². The molecule has 31 heavy (non-hydrogen) atoms. The largest absolute Gasteiger partial charge is 0.356 e. The molecule has 0 bridgehead atoms. The Balaban J connectivity index is 1.42. The number of hydrogen-bond acceptors (Lipinski definition) is 6. The van der Waals surface area contributed by atoms with Crippen molar-refractivity contribution in [3.63, 3.8) is 0 Å². The van der Waals surface area contributed by atoms with E-state index < -0.39 is 0 Å². The molecule has 3 fully saturated rings. The van der Waals surface area contributed by atoms with Crippen LogP contribution >= 0.6 is 0 Å². The van der Waals surface area contributed by atoms with Crippen LogP contribution in [0.25, 0.3) is 0 Å². The Hall–Kier alpha value is -1.40. The van der Waals surface area contributed by atoms with Gasteiger partial charge in [-0.05, 0) is 57.6 Å². The van der Waals surface area contributed by atoms with E-state index in [1.165, 1.54) is 90.0 Å². The smallest absolute Gasteiger partial charge is 0.224 e. The summed E-state index contributed by atoms with van der Waals surface area (Å²) in [6.07, 6.45) is 20.3. The molecular weight excluding hydrogens is 384 g/mol. The minimum atomic E-state index is 0.458. The maximum Gasteiger partial charge on any atom is 0.224 e. The summed E-state index contributed by atoms with van der Waals surface area (Å²) >= 11 is 0. The van der Waals surface area contributed by atoms with Crippen molar-refractivity contribution in [1.82, 2.24) is 14.9 Å². The first-order valence-electron chi connectivity index (χ1n) is 13.2. The van der Waals surface area contributed by atoms with Crippen LogP contribution in [0, 0.1) is 0 Å². The zero-order chi connectivity index (χ0) is 21.3. The number of aromatic nitrogens is 2. The number of nitrogens with zero attached hydrogens (tertiary/aromatic N) is 4. The maximum absolute atomic E-state index is 5.74. The molecule has 0 radical (unpaired) electrons. The van der Waals surface area contributed by atoms with Crippen molar-refractivity contribution < 1.29 is 0 Å². The molecule has 6 heteroatoms. The van der Waals surface area contributed by atoms with Crippen LogP contribution in [-0.4, -0.2) is 59.2 Å². The minimum absolute atomic E-state index is 0.458. The fourth-order valence-electron chi connectivity index (χ4n) is 6.01. The first kappa shape index (κ1) is 22.8. The van der Waals surface area contributed by atoms with E-state index in [4.69, 9.17) is 10.7 Å². The Bertz CT molecular complexity index is 639. The summed E-state index contributed by atoms with van der Waals surface area (Å²) in [5.41, 5.74) is 5.74. The summed E-state index contributed by atoms with van der Waals surface area (Å²) in [5.74, 6) is 1.92. The van der Waals surface area contributed by atoms with Crippen LogP contribution in [0.1, 0.15) is 89.9 Å². The first-order valence-corrected chi connectivity index (χ1v) is 13.2. The Morgan fingerprint density at radius 1 is 0.903 bits per heavy atom. The van der Waals surface area contributed by atoms with Crippen molar-refractivity contribution in [2.75, 3.05) is 36.4 Å². The second kappa shape index (κ2) is 12.0. The predicted octanol–water partition coefficient (Wildman–Crippen LogP) is 4.56. The van der Waals surface area contributed by atoms with Gasteiger partial charge in [0, 0.05) is 44.0 Å².